The third-order valence-corrected chi connectivity index (χ3v) is 6.40. The molecule has 1 amide bonds. The van der Waals surface area contributed by atoms with Gasteiger partial charge in [-0.05, 0) is 37.8 Å². The molecule has 5 N–H and O–H groups in total. The summed E-state index contributed by atoms with van der Waals surface area (Å²) in [6, 6.07) is 3.01. The van der Waals surface area contributed by atoms with E-state index in [1.54, 1.807) is 13.0 Å². The van der Waals surface area contributed by atoms with Crippen molar-refractivity contribution in [2.45, 2.75) is 37.2 Å². The SMILES string of the molecule is C[C@]1(C(N)=O)COc2c1cc([C@@](O)(CN)C1CC1)nc2-c1ccnc(C(F)F)c1Cl. The molecule has 2 aromatic rings. The van der Waals surface area contributed by atoms with Crippen molar-refractivity contribution in [3.8, 4) is 17.0 Å². The summed E-state index contributed by atoms with van der Waals surface area (Å²) >= 11 is 6.23. The van der Waals surface area contributed by atoms with E-state index in [-0.39, 0.29) is 46.8 Å². The average Bonchev–Trinajstić information content (AvgIpc) is 3.51. The van der Waals surface area contributed by atoms with E-state index in [9.17, 15) is 18.7 Å². The number of alkyl halides is 2. The molecule has 1 saturated carbocycles. The maximum atomic E-state index is 13.3. The summed E-state index contributed by atoms with van der Waals surface area (Å²) in [5.74, 6) is -0.503. The number of aromatic nitrogens is 2. The largest absolute Gasteiger partial charge is 0.489 e. The molecule has 30 heavy (non-hydrogen) atoms. The van der Waals surface area contributed by atoms with Crippen LogP contribution >= 0.6 is 11.6 Å². The van der Waals surface area contributed by atoms with Crippen molar-refractivity contribution in [3.63, 3.8) is 0 Å². The third kappa shape index (κ3) is 3.03. The summed E-state index contributed by atoms with van der Waals surface area (Å²) < 4.78 is 32.4. The topological polar surface area (TPSA) is 124 Å². The summed E-state index contributed by atoms with van der Waals surface area (Å²) in [6.45, 7) is 1.47. The summed E-state index contributed by atoms with van der Waals surface area (Å²) in [4.78, 5) is 20.4. The first kappa shape index (κ1) is 20.9. The molecule has 0 unspecified atom stereocenters. The van der Waals surface area contributed by atoms with Crippen molar-refractivity contribution in [3.05, 3.63) is 40.3 Å². The molecule has 7 nitrogen and oxygen atoms in total. The van der Waals surface area contributed by atoms with Crippen LogP contribution in [-0.2, 0) is 15.8 Å². The minimum absolute atomic E-state index is 0.0509. The maximum absolute atomic E-state index is 13.3. The molecule has 3 heterocycles. The Balaban J connectivity index is 2.01. The molecule has 0 saturated heterocycles. The van der Waals surface area contributed by atoms with E-state index < -0.39 is 29.0 Å². The monoisotopic (exact) mass is 438 g/mol. The van der Waals surface area contributed by atoms with Crippen molar-refractivity contribution in [1.82, 2.24) is 9.97 Å². The van der Waals surface area contributed by atoms with Crippen LogP contribution in [0.1, 0.15) is 43.1 Å². The molecule has 1 fully saturated rings. The fraction of sp³-hybridized carbons (Fsp3) is 0.450. The first-order chi connectivity index (χ1) is 14.1. The maximum Gasteiger partial charge on any atom is 0.281 e. The Kier molecular flexibility index (Phi) is 4.95. The fourth-order valence-electron chi connectivity index (χ4n) is 3.83. The quantitative estimate of drug-likeness (QED) is 0.636. The average molecular weight is 439 g/mol. The van der Waals surface area contributed by atoms with E-state index in [4.69, 9.17) is 27.8 Å². The van der Waals surface area contributed by atoms with Crippen LogP contribution in [0, 0.1) is 5.92 Å². The molecule has 10 heteroatoms. The third-order valence-electron chi connectivity index (χ3n) is 6.00. The first-order valence-corrected chi connectivity index (χ1v) is 9.85. The van der Waals surface area contributed by atoms with Gasteiger partial charge in [-0.3, -0.25) is 9.78 Å². The lowest BCUT2D eigenvalue weighted by Crippen LogP contribution is -2.41. The number of fused-ring (bicyclic) bond motifs is 1. The van der Waals surface area contributed by atoms with Gasteiger partial charge in [0.2, 0.25) is 5.91 Å². The Hall–Kier alpha value is -2.36. The van der Waals surface area contributed by atoms with Crippen molar-refractivity contribution in [2.24, 2.45) is 17.4 Å². The normalized spacial score (nSPS) is 22.5. The molecule has 1 aliphatic heterocycles. The van der Waals surface area contributed by atoms with E-state index in [2.05, 4.69) is 9.97 Å². The zero-order chi connectivity index (χ0) is 21.8. The molecule has 0 spiro atoms. The number of carbonyl (C=O) groups excluding carboxylic acids is 1. The second-order valence-corrected chi connectivity index (χ2v) is 8.36. The van der Waals surface area contributed by atoms with E-state index in [1.807, 2.05) is 0 Å². The van der Waals surface area contributed by atoms with E-state index in [0.717, 1.165) is 12.8 Å². The number of aliphatic hydroxyl groups is 1. The molecular formula is C20H21ClF2N4O3. The zero-order valence-electron chi connectivity index (χ0n) is 16.2. The summed E-state index contributed by atoms with van der Waals surface area (Å²) in [7, 11) is 0. The molecule has 2 aliphatic rings. The summed E-state index contributed by atoms with van der Waals surface area (Å²) in [5, 5.41) is 11.0. The van der Waals surface area contributed by atoms with Gasteiger partial charge in [-0.15, -0.1) is 0 Å². The number of hydrogen-bond acceptors (Lipinski definition) is 6. The van der Waals surface area contributed by atoms with Gasteiger partial charge < -0.3 is 21.3 Å². The number of primary amides is 1. The lowest BCUT2D eigenvalue weighted by molar-refractivity contribution is -0.123. The van der Waals surface area contributed by atoms with Gasteiger partial charge in [0.05, 0.1) is 10.7 Å². The lowest BCUT2D eigenvalue weighted by Gasteiger charge is -2.28. The van der Waals surface area contributed by atoms with Crippen LogP contribution in [-0.4, -0.2) is 34.1 Å². The number of amides is 1. The van der Waals surface area contributed by atoms with Crippen molar-refractivity contribution in [2.75, 3.05) is 13.2 Å². The second-order valence-electron chi connectivity index (χ2n) is 7.98. The Bertz CT molecular complexity index is 1030. The number of nitrogens with zero attached hydrogens (tertiary/aromatic N) is 2. The number of carbonyl (C=O) groups is 1. The zero-order valence-corrected chi connectivity index (χ0v) is 16.9. The van der Waals surface area contributed by atoms with Crippen LogP contribution in [0.15, 0.2) is 18.3 Å². The van der Waals surface area contributed by atoms with Gasteiger partial charge in [0.1, 0.15) is 34.8 Å². The van der Waals surface area contributed by atoms with E-state index in [1.165, 1.54) is 12.3 Å². The van der Waals surface area contributed by atoms with E-state index in [0.29, 0.717) is 5.56 Å². The highest BCUT2D eigenvalue weighted by atomic mass is 35.5. The Labute approximate surface area is 176 Å². The van der Waals surface area contributed by atoms with Gasteiger partial charge in [0.15, 0.2) is 0 Å². The Morgan fingerprint density at radius 1 is 1.50 bits per heavy atom. The fourth-order valence-corrected chi connectivity index (χ4v) is 4.11. The minimum Gasteiger partial charge on any atom is -0.489 e. The van der Waals surface area contributed by atoms with Crippen LogP contribution in [0.4, 0.5) is 8.78 Å². The number of nitrogens with two attached hydrogens (primary N) is 2. The van der Waals surface area contributed by atoms with Gasteiger partial charge in [-0.2, -0.15) is 0 Å². The predicted molar refractivity (Wildman–Crippen MR) is 105 cm³/mol. The molecule has 160 valence electrons. The smallest absolute Gasteiger partial charge is 0.281 e. The highest BCUT2D eigenvalue weighted by molar-refractivity contribution is 6.34. The standard InChI is InChI=1S/C20H21ClF2N4O3/c1-19(18(25)28)8-30-16-11(19)6-12(20(29,7-24)9-2-3-9)27-14(16)10-4-5-26-15(13(10)21)17(22)23/h4-6,9,17,29H,2-3,7-8,24H2,1H3,(H2,25,28)/t19-,20+/m0/s1. The molecule has 2 atom stereocenters. The van der Waals surface area contributed by atoms with Crippen LogP contribution in [0.25, 0.3) is 11.3 Å². The number of rotatable bonds is 6. The lowest BCUT2D eigenvalue weighted by atomic mass is 9.81. The molecule has 0 radical (unpaired) electrons. The molecule has 2 aromatic heterocycles. The summed E-state index contributed by atoms with van der Waals surface area (Å²) in [5.41, 5.74) is 9.23. The van der Waals surface area contributed by atoms with Gasteiger partial charge in [-0.25, -0.2) is 13.8 Å². The highest BCUT2D eigenvalue weighted by Gasteiger charge is 2.49. The van der Waals surface area contributed by atoms with Crippen molar-refractivity contribution in [1.29, 1.82) is 0 Å². The second kappa shape index (κ2) is 7.11. The van der Waals surface area contributed by atoms with Gasteiger partial charge in [0.25, 0.3) is 6.43 Å². The van der Waals surface area contributed by atoms with Crippen molar-refractivity contribution < 1.29 is 23.4 Å². The Morgan fingerprint density at radius 3 is 2.77 bits per heavy atom. The predicted octanol–water partition coefficient (Wildman–Crippen LogP) is 2.43. The highest BCUT2D eigenvalue weighted by Crippen LogP contribution is 2.50. The van der Waals surface area contributed by atoms with Crippen LogP contribution in [0.3, 0.4) is 0 Å². The molecule has 1 aliphatic carbocycles. The number of halogens is 3. The van der Waals surface area contributed by atoms with Crippen LogP contribution < -0.4 is 16.2 Å². The summed E-state index contributed by atoms with van der Waals surface area (Å²) in [6.07, 6.45) is -0.145. The molecule has 0 aromatic carbocycles. The number of ether oxygens (including phenoxy) is 1. The van der Waals surface area contributed by atoms with E-state index >= 15 is 0 Å². The van der Waals surface area contributed by atoms with Gasteiger partial charge in [-0.1, -0.05) is 11.6 Å². The molecule has 0 bridgehead atoms. The Morgan fingerprint density at radius 2 is 2.20 bits per heavy atom. The molecule has 4 rings (SSSR count). The van der Waals surface area contributed by atoms with Gasteiger partial charge in [0, 0.05) is 23.9 Å². The number of hydrogen-bond donors (Lipinski definition) is 3. The molecular weight excluding hydrogens is 418 g/mol. The van der Waals surface area contributed by atoms with Crippen LogP contribution in [0.2, 0.25) is 5.02 Å². The van der Waals surface area contributed by atoms with Crippen LogP contribution in [0.5, 0.6) is 5.75 Å². The van der Waals surface area contributed by atoms with Crippen molar-refractivity contribution >= 4 is 17.5 Å². The first-order valence-electron chi connectivity index (χ1n) is 9.47. The van der Waals surface area contributed by atoms with Gasteiger partial charge >= 0.3 is 0 Å². The number of pyridine rings is 2. The minimum atomic E-state index is -2.89.